The van der Waals surface area contributed by atoms with E-state index in [4.69, 9.17) is 16.3 Å². The summed E-state index contributed by atoms with van der Waals surface area (Å²) in [4.78, 5) is 12.5. The van der Waals surface area contributed by atoms with Crippen molar-refractivity contribution >= 4 is 17.5 Å². The number of nitrogens with one attached hydrogen (secondary N) is 1. The Kier molecular flexibility index (Phi) is 5.92. The van der Waals surface area contributed by atoms with Crippen molar-refractivity contribution in [2.24, 2.45) is 0 Å². The van der Waals surface area contributed by atoms with Crippen LogP contribution in [-0.4, -0.2) is 12.5 Å². The SMILES string of the molecule is Cc1cccc(OCC(=O)NC(c2ccccc2)c2ccc(Cl)cc2)c1. The van der Waals surface area contributed by atoms with Crippen LogP contribution < -0.4 is 10.1 Å². The van der Waals surface area contributed by atoms with Gasteiger partial charge in [-0.15, -0.1) is 0 Å². The van der Waals surface area contributed by atoms with Crippen molar-refractivity contribution in [1.29, 1.82) is 0 Å². The Balaban J connectivity index is 1.73. The fraction of sp³-hybridized carbons (Fsp3) is 0.136. The second kappa shape index (κ2) is 8.54. The van der Waals surface area contributed by atoms with Crippen LogP contribution in [0.3, 0.4) is 0 Å². The second-order valence-electron chi connectivity index (χ2n) is 6.07. The van der Waals surface area contributed by atoms with Gasteiger partial charge < -0.3 is 10.1 Å². The molecule has 0 fully saturated rings. The monoisotopic (exact) mass is 365 g/mol. The minimum atomic E-state index is -0.262. The number of halogens is 1. The number of hydrogen-bond acceptors (Lipinski definition) is 2. The molecule has 3 aromatic carbocycles. The molecule has 3 nitrogen and oxygen atoms in total. The highest BCUT2D eigenvalue weighted by Gasteiger charge is 2.17. The third-order valence-electron chi connectivity index (χ3n) is 4.00. The minimum absolute atomic E-state index is 0.0413. The number of carbonyl (C=O) groups excluding carboxylic acids is 1. The predicted molar refractivity (Wildman–Crippen MR) is 105 cm³/mol. The normalized spacial score (nSPS) is 11.6. The van der Waals surface area contributed by atoms with Crippen LogP contribution >= 0.6 is 11.6 Å². The molecule has 0 saturated heterocycles. The highest BCUT2D eigenvalue weighted by molar-refractivity contribution is 6.30. The van der Waals surface area contributed by atoms with Gasteiger partial charge >= 0.3 is 0 Å². The van der Waals surface area contributed by atoms with Gasteiger partial charge in [0.1, 0.15) is 5.75 Å². The molecule has 1 N–H and O–H groups in total. The Bertz CT molecular complexity index is 863. The minimum Gasteiger partial charge on any atom is -0.484 e. The summed E-state index contributed by atoms with van der Waals surface area (Å²) in [6, 6.07) is 24.7. The number of carbonyl (C=O) groups is 1. The molecule has 0 saturated carbocycles. The average molecular weight is 366 g/mol. The number of aryl methyl sites for hydroxylation is 1. The smallest absolute Gasteiger partial charge is 0.258 e. The van der Waals surface area contributed by atoms with Crippen LogP contribution in [0.2, 0.25) is 5.02 Å². The van der Waals surface area contributed by atoms with Crippen LogP contribution in [0, 0.1) is 6.92 Å². The number of benzene rings is 3. The number of ether oxygens (including phenoxy) is 1. The molecule has 0 aromatic heterocycles. The Morgan fingerprint density at radius 2 is 1.65 bits per heavy atom. The molecule has 0 aliphatic rings. The molecule has 4 heteroatoms. The van der Waals surface area contributed by atoms with Crippen molar-refractivity contribution in [2.75, 3.05) is 6.61 Å². The number of hydrogen-bond donors (Lipinski definition) is 1. The number of amides is 1. The summed E-state index contributed by atoms with van der Waals surface area (Å²) < 4.78 is 5.61. The molecule has 0 aliphatic carbocycles. The van der Waals surface area contributed by atoms with Crippen molar-refractivity contribution < 1.29 is 9.53 Å². The molecule has 26 heavy (non-hydrogen) atoms. The van der Waals surface area contributed by atoms with Gasteiger partial charge in [-0.3, -0.25) is 4.79 Å². The predicted octanol–water partition coefficient (Wildman–Crippen LogP) is 4.93. The van der Waals surface area contributed by atoms with Gasteiger partial charge in [-0.1, -0.05) is 66.2 Å². The maximum Gasteiger partial charge on any atom is 0.258 e. The van der Waals surface area contributed by atoms with Crippen molar-refractivity contribution in [1.82, 2.24) is 5.32 Å². The Morgan fingerprint density at radius 1 is 0.962 bits per heavy atom. The first-order chi connectivity index (χ1) is 12.6. The van der Waals surface area contributed by atoms with Gasteiger partial charge in [0.2, 0.25) is 0 Å². The molecule has 3 aromatic rings. The summed E-state index contributed by atoms with van der Waals surface area (Å²) in [5.41, 5.74) is 3.05. The molecular weight excluding hydrogens is 346 g/mol. The van der Waals surface area contributed by atoms with Crippen LogP contribution in [0.1, 0.15) is 22.7 Å². The molecule has 0 radical (unpaired) electrons. The molecular formula is C22H20ClNO2. The maximum atomic E-state index is 12.5. The van der Waals surface area contributed by atoms with Gasteiger partial charge in [-0.05, 0) is 47.9 Å². The first-order valence-electron chi connectivity index (χ1n) is 8.41. The molecule has 1 amide bonds. The molecule has 132 valence electrons. The van der Waals surface area contributed by atoms with Gasteiger partial charge in [0.25, 0.3) is 5.91 Å². The zero-order valence-electron chi connectivity index (χ0n) is 14.5. The summed E-state index contributed by atoms with van der Waals surface area (Å²) in [6.45, 7) is 1.94. The van der Waals surface area contributed by atoms with Crippen LogP contribution in [0.15, 0.2) is 78.9 Å². The van der Waals surface area contributed by atoms with Crippen LogP contribution in [0.4, 0.5) is 0 Å². The summed E-state index contributed by atoms with van der Waals surface area (Å²) >= 11 is 5.99. The van der Waals surface area contributed by atoms with E-state index in [-0.39, 0.29) is 18.6 Å². The van der Waals surface area contributed by atoms with Crippen LogP contribution in [0.25, 0.3) is 0 Å². The lowest BCUT2D eigenvalue weighted by Gasteiger charge is -2.20. The van der Waals surface area contributed by atoms with E-state index in [0.29, 0.717) is 10.8 Å². The first kappa shape index (κ1) is 18.0. The average Bonchev–Trinajstić information content (AvgIpc) is 2.66. The summed E-state index contributed by atoms with van der Waals surface area (Å²) in [6.07, 6.45) is 0. The van der Waals surface area contributed by atoms with Crippen molar-refractivity contribution in [3.8, 4) is 5.75 Å². The summed E-state index contributed by atoms with van der Waals surface area (Å²) in [7, 11) is 0. The van der Waals surface area contributed by atoms with Gasteiger partial charge in [-0.25, -0.2) is 0 Å². The van der Waals surface area contributed by atoms with Crippen molar-refractivity contribution in [2.45, 2.75) is 13.0 Å². The van der Waals surface area contributed by atoms with E-state index in [0.717, 1.165) is 16.7 Å². The molecule has 0 heterocycles. The Morgan fingerprint density at radius 3 is 2.35 bits per heavy atom. The highest BCUT2D eigenvalue weighted by Crippen LogP contribution is 2.23. The maximum absolute atomic E-state index is 12.5. The zero-order valence-corrected chi connectivity index (χ0v) is 15.2. The molecule has 0 bridgehead atoms. The van der Waals surface area contributed by atoms with E-state index < -0.39 is 0 Å². The van der Waals surface area contributed by atoms with Crippen molar-refractivity contribution in [3.05, 3.63) is 101 Å². The fourth-order valence-corrected chi connectivity index (χ4v) is 2.84. The molecule has 1 unspecified atom stereocenters. The second-order valence-corrected chi connectivity index (χ2v) is 6.50. The van der Waals surface area contributed by atoms with Crippen LogP contribution in [0.5, 0.6) is 5.75 Å². The van der Waals surface area contributed by atoms with E-state index in [2.05, 4.69) is 5.32 Å². The van der Waals surface area contributed by atoms with E-state index in [9.17, 15) is 4.79 Å². The lowest BCUT2D eigenvalue weighted by molar-refractivity contribution is -0.123. The van der Waals surface area contributed by atoms with Gasteiger partial charge in [0.15, 0.2) is 6.61 Å². The van der Waals surface area contributed by atoms with Crippen LogP contribution in [-0.2, 0) is 4.79 Å². The Labute approximate surface area is 158 Å². The van der Waals surface area contributed by atoms with E-state index in [1.165, 1.54) is 0 Å². The highest BCUT2D eigenvalue weighted by atomic mass is 35.5. The van der Waals surface area contributed by atoms with Gasteiger partial charge in [0, 0.05) is 5.02 Å². The third-order valence-corrected chi connectivity index (χ3v) is 4.25. The topological polar surface area (TPSA) is 38.3 Å². The number of rotatable bonds is 6. The lowest BCUT2D eigenvalue weighted by Crippen LogP contribution is -2.33. The summed E-state index contributed by atoms with van der Waals surface area (Å²) in [5.74, 6) is 0.498. The molecule has 3 rings (SSSR count). The van der Waals surface area contributed by atoms with Crippen molar-refractivity contribution in [3.63, 3.8) is 0 Å². The first-order valence-corrected chi connectivity index (χ1v) is 8.79. The van der Waals surface area contributed by atoms with E-state index in [1.807, 2.05) is 85.8 Å². The summed E-state index contributed by atoms with van der Waals surface area (Å²) in [5, 5.41) is 3.71. The van der Waals surface area contributed by atoms with E-state index in [1.54, 1.807) is 0 Å². The molecule has 0 aliphatic heterocycles. The van der Waals surface area contributed by atoms with Gasteiger partial charge in [-0.2, -0.15) is 0 Å². The third kappa shape index (κ3) is 4.87. The lowest BCUT2D eigenvalue weighted by atomic mass is 9.99. The quantitative estimate of drug-likeness (QED) is 0.672. The Hall–Kier alpha value is -2.78. The fourth-order valence-electron chi connectivity index (χ4n) is 2.72. The zero-order chi connectivity index (χ0) is 18.4. The van der Waals surface area contributed by atoms with Gasteiger partial charge in [0.05, 0.1) is 6.04 Å². The molecule has 1 atom stereocenters. The van der Waals surface area contributed by atoms with E-state index >= 15 is 0 Å². The molecule has 0 spiro atoms. The largest absolute Gasteiger partial charge is 0.484 e. The standard InChI is InChI=1S/C22H20ClNO2/c1-16-6-5-9-20(14-16)26-15-21(25)24-22(17-7-3-2-4-8-17)18-10-12-19(23)13-11-18/h2-14,22H,15H2,1H3,(H,24,25).